The van der Waals surface area contributed by atoms with Crippen LogP contribution in [-0.4, -0.2) is 23.5 Å². The number of benzene rings is 3. The maximum atomic E-state index is 13.5. The van der Waals surface area contributed by atoms with Gasteiger partial charge in [0.1, 0.15) is 11.6 Å². The molecule has 0 aliphatic carbocycles. The summed E-state index contributed by atoms with van der Waals surface area (Å²) in [6.45, 7) is 0. The van der Waals surface area contributed by atoms with Crippen molar-refractivity contribution in [2.24, 2.45) is 14.1 Å². The molecule has 0 atom stereocenters. The Balaban J connectivity index is 1.84. The fourth-order valence-corrected chi connectivity index (χ4v) is 5.03. The third kappa shape index (κ3) is 4.17. The van der Waals surface area contributed by atoms with E-state index in [0.717, 1.165) is 24.3 Å². The molecule has 4 rings (SSSR count). The van der Waals surface area contributed by atoms with Crippen LogP contribution in [0.3, 0.4) is 0 Å². The van der Waals surface area contributed by atoms with Crippen LogP contribution < -0.4 is 11.0 Å². The fraction of sp³-hybridized carbons (Fsp3) is 0.130. The molecule has 3 aromatic carbocycles. The summed E-state index contributed by atoms with van der Waals surface area (Å²) >= 11 is 0. The highest BCUT2D eigenvalue weighted by atomic mass is 32.2. The molecule has 0 saturated heterocycles. The van der Waals surface area contributed by atoms with E-state index in [1.807, 2.05) is 0 Å². The van der Waals surface area contributed by atoms with Crippen LogP contribution in [-0.2, 0) is 35.1 Å². The van der Waals surface area contributed by atoms with Crippen molar-refractivity contribution in [3.63, 3.8) is 0 Å². The SMILES string of the molecule is Cn1c(=O)n(C)c2cc(S(=O)(=O)c3ccc(F)cc3)c(NC(=O)Cc3cccc(F)c3)cc21. The van der Waals surface area contributed by atoms with Gasteiger partial charge in [0, 0.05) is 14.1 Å². The van der Waals surface area contributed by atoms with Crippen LogP contribution in [0.15, 0.2) is 75.2 Å². The van der Waals surface area contributed by atoms with Crippen molar-refractivity contribution in [3.8, 4) is 0 Å². The van der Waals surface area contributed by atoms with E-state index in [1.165, 1.54) is 53.6 Å². The number of halogens is 2. The van der Waals surface area contributed by atoms with Crippen molar-refractivity contribution in [2.45, 2.75) is 16.2 Å². The normalized spacial score (nSPS) is 11.6. The molecule has 0 aliphatic rings. The molecule has 170 valence electrons. The molecule has 1 amide bonds. The summed E-state index contributed by atoms with van der Waals surface area (Å²) in [7, 11) is -1.16. The third-order valence-electron chi connectivity index (χ3n) is 5.31. The molecule has 0 unspecified atom stereocenters. The first-order valence-corrected chi connectivity index (χ1v) is 11.3. The van der Waals surface area contributed by atoms with Gasteiger partial charge in [-0.05, 0) is 54.1 Å². The van der Waals surface area contributed by atoms with Crippen molar-refractivity contribution in [2.75, 3.05) is 5.32 Å². The number of aryl methyl sites for hydroxylation is 2. The minimum absolute atomic E-state index is 0.0468. The van der Waals surface area contributed by atoms with E-state index in [2.05, 4.69) is 5.32 Å². The van der Waals surface area contributed by atoms with Gasteiger partial charge in [-0.3, -0.25) is 13.9 Å². The second-order valence-corrected chi connectivity index (χ2v) is 9.47. The zero-order valence-corrected chi connectivity index (χ0v) is 18.5. The predicted octanol–water partition coefficient (Wildman–Crippen LogP) is 3.17. The summed E-state index contributed by atoms with van der Waals surface area (Å²) in [6.07, 6.45) is -0.195. The van der Waals surface area contributed by atoms with Gasteiger partial charge in [-0.25, -0.2) is 22.0 Å². The Morgan fingerprint density at radius 1 is 0.909 bits per heavy atom. The minimum Gasteiger partial charge on any atom is -0.325 e. The molecule has 0 radical (unpaired) electrons. The van der Waals surface area contributed by atoms with Crippen molar-refractivity contribution in [3.05, 3.63) is 88.3 Å². The van der Waals surface area contributed by atoms with Gasteiger partial charge >= 0.3 is 5.69 Å². The first-order chi connectivity index (χ1) is 15.6. The number of carbonyl (C=O) groups is 1. The van der Waals surface area contributed by atoms with Gasteiger partial charge in [0.25, 0.3) is 0 Å². The lowest BCUT2D eigenvalue weighted by Gasteiger charge is -2.13. The van der Waals surface area contributed by atoms with Gasteiger partial charge in [0.15, 0.2) is 0 Å². The Bertz CT molecular complexity index is 1560. The molecular formula is C23H19F2N3O4S. The van der Waals surface area contributed by atoms with E-state index in [9.17, 15) is 26.8 Å². The summed E-state index contributed by atoms with van der Waals surface area (Å²) in [5.41, 5.74) is 0.726. The van der Waals surface area contributed by atoms with Crippen LogP contribution in [0.25, 0.3) is 11.0 Å². The van der Waals surface area contributed by atoms with Crippen LogP contribution in [0.1, 0.15) is 5.56 Å². The molecule has 0 saturated carbocycles. The van der Waals surface area contributed by atoms with Gasteiger partial charge in [-0.2, -0.15) is 0 Å². The number of nitrogens with one attached hydrogen (secondary N) is 1. The Kier molecular flexibility index (Phi) is 5.62. The minimum atomic E-state index is -4.19. The molecule has 1 aromatic heterocycles. The van der Waals surface area contributed by atoms with Crippen LogP contribution in [0, 0.1) is 11.6 Å². The van der Waals surface area contributed by atoms with Crippen molar-refractivity contribution < 1.29 is 22.0 Å². The third-order valence-corrected chi connectivity index (χ3v) is 7.12. The molecule has 1 N–H and O–H groups in total. The quantitative estimate of drug-likeness (QED) is 0.453. The Hall–Kier alpha value is -3.79. The smallest absolute Gasteiger partial charge is 0.325 e. The molecule has 4 aromatic rings. The predicted molar refractivity (Wildman–Crippen MR) is 119 cm³/mol. The number of carbonyl (C=O) groups excluding carboxylic acids is 1. The first kappa shape index (κ1) is 22.4. The zero-order chi connectivity index (χ0) is 23.9. The van der Waals surface area contributed by atoms with E-state index in [-0.39, 0.29) is 27.6 Å². The Morgan fingerprint density at radius 2 is 1.55 bits per heavy atom. The van der Waals surface area contributed by atoms with Crippen molar-refractivity contribution in [1.29, 1.82) is 0 Å². The second-order valence-electron chi connectivity index (χ2n) is 7.55. The van der Waals surface area contributed by atoms with Gasteiger partial charge in [-0.15, -0.1) is 0 Å². The lowest BCUT2D eigenvalue weighted by Crippen LogP contribution is -2.19. The van der Waals surface area contributed by atoms with E-state index in [4.69, 9.17) is 0 Å². The zero-order valence-electron chi connectivity index (χ0n) is 17.7. The maximum absolute atomic E-state index is 13.5. The van der Waals surface area contributed by atoms with E-state index in [1.54, 1.807) is 6.07 Å². The van der Waals surface area contributed by atoms with E-state index in [0.29, 0.717) is 16.6 Å². The second kappa shape index (κ2) is 8.28. The molecule has 0 bridgehead atoms. The molecule has 0 spiro atoms. The van der Waals surface area contributed by atoms with Crippen molar-refractivity contribution >= 4 is 32.5 Å². The molecule has 0 fully saturated rings. The average Bonchev–Trinajstić information content (AvgIpc) is 2.97. The number of imidazole rings is 1. The maximum Gasteiger partial charge on any atom is 0.328 e. The number of aromatic nitrogens is 2. The number of sulfone groups is 1. The molecule has 33 heavy (non-hydrogen) atoms. The Morgan fingerprint density at radius 3 is 2.18 bits per heavy atom. The number of amides is 1. The highest BCUT2D eigenvalue weighted by Crippen LogP contribution is 2.32. The van der Waals surface area contributed by atoms with Gasteiger partial charge in [-0.1, -0.05) is 12.1 Å². The lowest BCUT2D eigenvalue weighted by atomic mass is 10.1. The molecule has 7 nitrogen and oxygen atoms in total. The Labute approximate surface area is 187 Å². The summed E-state index contributed by atoms with van der Waals surface area (Å²) < 4.78 is 56.2. The molecule has 0 aliphatic heterocycles. The topological polar surface area (TPSA) is 90.2 Å². The number of fused-ring (bicyclic) bond motifs is 1. The fourth-order valence-electron chi connectivity index (χ4n) is 3.61. The lowest BCUT2D eigenvalue weighted by molar-refractivity contribution is -0.115. The van der Waals surface area contributed by atoms with Crippen LogP contribution in [0.4, 0.5) is 14.5 Å². The van der Waals surface area contributed by atoms with Gasteiger partial charge < -0.3 is 5.32 Å². The number of rotatable bonds is 5. The number of hydrogen-bond acceptors (Lipinski definition) is 4. The van der Waals surface area contributed by atoms with Gasteiger partial charge in [0.05, 0.1) is 32.9 Å². The summed E-state index contributed by atoms with van der Waals surface area (Å²) in [4.78, 5) is 24.6. The van der Waals surface area contributed by atoms with Gasteiger partial charge in [0.2, 0.25) is 15.7 Å². The van der Waals surface area contributed by atoms with E-state index < -0.39 is 27.4 Å². The highest BCUT2D eigenvalue weighted by Gasteiger charge is 2.25. The first-order valence-electron chi connectivity index (χ1n) is 9.82. The van der Waals surface area contributed by atoms with Crippen molar-refractivity contribution in [1.82, 2.24) is 9.13 Å². The van der Waals surface area contributed by atoms with Crippen LogP contribution in [0.2, 0.25) is 0 Å². The van der Waals surface area contributed by atoms with E-state index >= 15 is 0 Å². The molecule has 10 heteroatoms. The number of hydrogen-bond donors (Lipinski definition) is 1. The average molecular weight is 471 g/mol. The summed E-state index contributed by atoms with van der Waals surface area (Å²) in [5.74, 6) is -1.67. The number of anilines is 1. The monoisotopic (exact) mass is 471 g/mol. The molecular weight excluding hydrogens is 452 g/mol. The molecule has 1 heterocycles. The van der Waals surface area contributed by atoms with Crippen LogP contribution in [0.5, 0.6) is 0 Å². The summed E-state index contributed by atoms with van der Waals surface area (Å²) in [5, 5.41) is 2.57. The summed E-state index contributed by atoms with van der Waals surface area (Å²) in [6, 6.07) is 12.5. The largest absolute Gasteiger partial charge is 0.328 e. The highest BCUT2D eigenvalue weighted by molar-refractivity contribution is 7.91. The van der Waals surface area contributed by atoms with Crippen LogP contribution >= 0.6 is 0 Å². The standard InChI is InChI=1S/C23H19F2N3O4S/c1-27-19-12-18(26-22(29)11-14-4-3-5-16(25)10-14)21(13-20(19)28(2)23(27)30)33(31,32)17-8-6-15(24)7-9-17/h3-10,12-13H,11H2,1-2H3,(H,26,29). The number of nitrogens with zero attached hydrogens (tertiary/aromatic N) is 2.